The van der Waals surface area contributed by atoms with Gasteiger partial charge in [-0.25, -0.2) is 0 Å². The number of nitrogens with zero attached hydrogens (tertiary/aromatic N) is 2. The fourth-order valence-electron chi connectivity index (χ4n) is 1.65. The van der Waals surface area contributed by atoms with Crippen LogP contribution in [0, 0.1) is 0 Å². The Morgan fingerprint density at radius 3 is 2.81 bits per heavy atom. The third-order valence-electron chi connectivity index (χ3n) is 2.68. The molecule has 0 saturated heterocycles. The van der Waals surface area contributed by atoms with E-state index in [1.54, 1.807) is 0 Å². The number of aromatic nitrogens is 2. The average molecular weight is 288 g/mol. The fraction of sp³-hybridized carbons (Fsp3) is 0.750. The summed E-state index contributed by atoms with van der Waals surface area (Å²) < 4.78 is 1.98. The third kappa shape index (κ3) is 4.66. The van der Waals surface area contributed by atoms with Gasteiger partial charge >= 0.3 is 0 Å². The van der Waals surface area contributed by atoms with Crippen molar-refractivity contribution in [3.63, 3.8) is 0 Å². The summed E-state index contributed by atoms with van der Waals surface area (Å²) >= 11 is 3.44. The molecular formula is C12H22BrN3. The smallest absolute Gasteiger partial charge is 0.0625 e. The van der Waals surface area contributed by atoms with Crippen LogP contribution in [0.5, 0.6) is 0 Å². The summed E-state index contributed by atoms with van der Waals surface area (Å²) in [5.41, 5.74) is 2.45. The first-order valence-electron chi connectivity index (χ1n) is 6.06. The summed E-state index contributed by atoms with van der Waals surface area (Å²) in [6.07, 6.45) is 4.83. The molecule has 0 amide bonds. The summed E-state index contributed by atoms with van der Waals surface area (Å²) in [4.78, 5) is 0. The first kappa shape index (κ1) is 13.7. The lowest BCUT2D eigenvalue weighted by Gasteiger charge is -2.04. The molecule has 0 aliphatic rings. The van der Waals surface area contributed by atoms with Crippen molar-refractivity contribution in [2.45, 2.75) is 39.2 Å². The third-order valence-corrected chi connectivity index (χ3v) is 3.24. The van der Waals surface area contributed by atoms with Crippen LogP contribution in [0.2, 0.25) is 0 Å². The summed E-state index contributed by atoms with van der Waals surface area (Å²) in [7, 11) is 2.01. The molecule has 16 heavy (non-hydrogen) atoms. The molecule has 0 unspecified atom stereocenters. The highest BCUT2D eigenvalue weighted by molar-refractivity contribution is 9.09. The number of rotatable bonds is 8. The zero-order valence-corrected chi connectivity index (χ0v) is 11.9. The van der Waals surface area contributed by atoms with Gasteiger partial charge < -0.3 is 5.32 Å². The van der Waals surface area contributed by atoms with Crippen molar-refractivity contribution in [1.29, 1.82) is 0 Å². The van der Waals surface area contributed by atoms with Crippen LogP contribution in [0.1, 0.15) is 37.6 Å². The highest BCUT2D eigenvalue weighted by atomic mass is 79.9. The first-order chi connectivity index (χ1) is 7.77. The minimum Gasteiger partial charge on any atom is -0.311 e. The molecule has 92 valence electrons. The highest BCUT2D eigenvalue weighted by Gasteiger charge is 2.02. The molecule has 0 aliphatic heterocycles. The predicted molar refractivity (Wildman–Crippen MR) is 71.9 cm³/mol. The van der Waals surface area contributed by atoms with Gasteiger partial charge in [-0.15, -0.1) is 0 Å². The van der Waals surface area contributed by atoms with Gasteiger partial charge in [0.25, 0.3) is 0 Å². The molecule has 0 atom stereocenters. The summed E-state index contributed by atoms with van der Waals surface area (Å²) in [5.74, 6) is 0. The molecule has 1 N–H and O–H groups in total. The lowest BCUT2D eigenvalue weighted by Crippen LogP contribution is -2.16. The molecule has 0 spiro atoms. The Morgan fingerprint density at radius 2 is 2.19 bits per heavy atom. The van der Waals surface area contributed by atoms with E-state index in [9.17, 15) is 0 Å². The van der Waals surface area contributed by atoms with Crippen LogP contribution in [0.25, 0.3) is 0 Å². The van der Waals surface area contributed by atoms with Gasteiger partial charge in [-0.3, -0.25) is 4.68 Å². The summed E-state index contributed by atoms with van der Waals surface area (Å²) in [6.45, 7) is 4.16. The molecular weight excluding hydrogens is 266 g/mol. The largest absolute Gasteiger partial charge is 0.311 e. The average Bonchev–Trinajstić information content (AvgIpc) is 2.65. The number of aryl methyl sites for hydroxylation is 2. The lowest BCUT2D eigenvalue weighted by atomic mass is 10.2. The maximum atomic E-state index is 4.43. The number of halogens is 1. The first-order valence-corrected chi connectivity index (χ1v) is 7.18. The van der Waals surface area contributed by atoms with Gasteiger partial charge in [0, 0.05) is 18.9 Å². The Hall–Kier alpha value is -0.350. The Morgan fingerprint density at radius 1 is 1.38 bits per heavy atom. The molecule has 1 aromatic rings. The van der Waals surface area contributed by atoms with Crippen LogP contribution < -0.4 is 5.32 Å². The minimum atomic E-state index is 0.928. The molecule has 0 bridgehead atoms. The second-order valence-electron chi connectivity index (χ2n) is 4.03. The maximum Gasteiger partial charge on any atom is 0.0625 e. The molecule has 1 rings (SSSR count). The van der Waals surface area contributed by atoms with Gasteiger partial charge in [-0.1, -0.05) is 29.3 Å². The Balaban J connectivity index is 2.18. The number of hydrogen-bond donors (Lipinski definition) is 1. The zero-order valence-electron chi connectivity index (χ0n) is 10.3. The van der Waals surface area contributed by atoms with E-state index in [2.05, 4.69) is 39.3 Å². The molecule has 4 heteroatoms. The zero-order chi connectivity index (χ0) is 11.8. The minimum absolute atomic E-state index is 0.928. The van der Waals surface area contributed by atoms with Gasteiger partial charge in [-0.05, 0) is 31.9 Å². The number of unbranched alkanes of at least 4 members (excludes halogenated alkanes) is 2. The standard InChI is InChI=1S/C12H22BrN3/c1-3-11-9-12(16(2)15-11)10-14-8-6-4-5-7-13/h9,14H,3-8,10H2,1-2H3. The van der Waals surface area contributed by atoms with Crippen LogP contribution in [-0.4, -0.2) is 21.7 Å². The van der Waals surface area contributed by atoms with Crippen molar-refractivity contribution in [3.8, 4) is 0 Å². The normalized spacial score (nSPS) is 10.9. The van der Waals surface area contributed by atoms with E-state index in [1.807, 2.05) is 11.7 Å². The van der Waals surface area contributed by atoms with Gasteiger partial charge in [0.2, 0.25) is 0 Å². The topological polar surface area (TPSA) is 29.9 Å². The van der Waals surface area contributed by atoms with Crippen LogP contribution in [-0.2, 0) is 20.0 Å². The van der Waals surface area contributed by atoms with Crippen molar-refractivity contribution in [2.75, 3.05) is 11.9 Å². The number of hydrogen-bond acceptors (Lipinski definition) is 2. The van der Waals surface area contributed by atoms with Gasteiger partial charge in [0.1, 0.15) is 0 Å². The van der Waals surface area contributed by atoms with E-state index in [0.29, 0.717) is 0 Å². The molecule has 1 heterocycles. The lowest BCUT2D eigenvalue weighted by molar-refractivity contribution is 0.589. The van der Waals surface area contributed by atoms with E-state index < -0.39 is 0 Å². The Labute approximate surface area is 107 Å². The molecule has 0 radical (unpaired) electrons. The van der Waals surface area contributed by atoms with Crippen LogP contribution >= 0.6 is 15.9 Å². The molecule has 0 saturated carbocycles. The van der Waals surface area contributed by atoms with E-state index in [-0.39, 0.29) is 0 Å². The van der Waals surface area contributed by atoms with E-state index in [0.717, 1.165) is 24.8 Å². The van der Waals surface area contributed by atoms with Gasteiger partial charge in [0.15, 0.2) is 0 Å². The van der Waals surface area contributed by atoms with Crippen molar-refractivity contribution in [3.05, 3.63) is 17.5 Å². The van der Waals surface area contributed by atoms with Crippen LogP contribution in [0.4, 0.5) is 0 Å². The van der Waals surface area contributed by atoms with Crippen molar-refractivity contribution >= 4 is 15.9 Å². The number of nitrogens with one attached hydrogen (secondary N) is 1. The van der Waals surface area contributed by atoms with E-state index in [4.69, 9.17) is 0 Å². The van der Waals surface area contributed by atoms with E-state index in [1.165, 1.54) is 30.7 Å². The van der Waals surface area contributed by atoms with Crippen LogP contribution in [0.3, 0.4) is 0 Å². The van der Waals surface area contributed by atoms with Crippen LogP contribution in [0.15, 0.2) is 6.07 Å². The Kier molecular flexibility index (Phi) is 6.73. The Bertz CT molecular complexity index is 296. The van der Waals surface area contributed by atoms with Crippen molar-refractivity contribution in [2.24, 2.45) is 7.05 Å². The van der Waals surface area contributed by atoms with Crippen molar-refractivity contribution in [1.82, 2.24) is 15.1 Å². The SMILES string of the molecule is CCc1cc(CNCCCCCBr)n(C)n1. The second-order valence-corrected chi connectivity index (χ2v) is 4.82. The van der Waals surface area contributed by atoms with Gasteiger partial charge in [-0.2, -0.15) is 5.10 Å². The number of alkyl halides is 1. The predicted octanol–water partition coefficient (Wildman–Crippen LogP) is 2.64. The van der Waals surface area contributed by atoms with E-state index >= 15 is 0 Å². The summed E-state index contributed by atoms with van der Waals surface area (Å²) in [6, 6.07) is 2.19. The molecule has 0 aromatic carbocycles. The monoisotopic (exact) mass is 287 g/mol. The maximum absolute atomic E-state index is 4.43. The molecule has 0 fully saturated rings. The van der Waals surface area contributed by atoms with Crippen molar-refractivity contribution < 1.29 is 0 Å². The molecule has 0 aliphatic carbocycles. The quantitative estimate of drug-likeness (QED) is 0.588. The second kappa shape index (κ2) is 7.85. The molecule has 1 aromatic heterocycles. The molecule has 3 nitrogen and oxygen atoms in total. The van der Waals surface area contributed by atoms with Gasteiger partial charge in [0.05, 0.1) is 11.4 Å². The summed E-state index contributed by atoms with van der Waals surface area (Å²) in [5, 5.41) is 9.01. The highest BCUT2D eigenvalue weighted by Crippen LogP contribution is 2.03. The fourth-order valence-corrected chi connectivity index (χ4v) is 2.04.